The van der Waals surface area contributed by atoms with Crippen molar-refractivity contribution >= 4 is 11.9 Å². The SMILES string of the molecule is CCCNC(=O)CCN=C(NCC)NC(C)CCC(C)(C)C. The van der Waals surface area contributed by atoms with E-state index in [2.05, 4.69) is 48.6 Å². The van der Waals surface area contributed by atoms with Gasteiger partial charge in [0.1, 0.15) is 0 Å². The van der Waals surface area contributed by atoms with E-state index in [1.54, 1.807) is 0 Å². The first-order valence-electron chi connectivity index (χ1n) is 8.60. The van der Waals surface area contributed by atoms with Crippen LogP contribution in [0.2, 0.25) is 0 Å². The third kappa shape index (κ3) is 12.5. The Morgan fingerprint density at radius 2 is 1.86 bits per heavy atom. The Morgan fingerprint density at radius 3 is 2.41 bits per heavy atom. The maximum absolute atomic E-state index is 11.6. The predicted molar refractivity (Wildman–Crippen MR) is 95.2 cm³/mol. The molecule has 0 aromatic heterocycles. The molecule has 22 heavy (non-hydrogen) atoms. The third-order valence-electron chi connectivity index (χ3n) is 3.24. The molecule has 0 saturated carbocycles. The average molecular weight is 313 g/mol. The van der Waals surface area contributed by atoms with Crippen LogP contribution in [0.4, 0.5) is 0 Å². The van der Waals surface area contributed by atoms with Gasteiger partial charge >= 0.3 is 0 Å². The van der Waals surface area contributed by atoms with Crippen LogP contribution in [0.3, 0.4) is 0 Å². The number of guanidine groups is 1. The van der Waals surface area contributed by atoms with Crippen molar-refractivity contribution in [2.24, 2.45) is 10.4 Å². The summed E-state index contributed by atoms with van der Waals surface area (Å²) in [6.07, 6.45) is 3.67. The van der Waals surface area contributed by atoms with Gasteiger partial charge in [-0.1, -0.05) is 27.7 Å². The van der Waals surface area contributed by atoms with Crippen molar-refractivity contribution in [1.82, 2.24) is 16.0 Å². The maximum Gasteiger partial charge on any atom is 0.221 e. The quantitative estimate of drug-likeness (QED) is 0.453. The van der Waals surface area contributed by atoms with Gasteiger partial charge in [-0.15, -0.1) is 0 Å². The van der Waals surface area contributed by atoms with Crippen LogP contribution < -0.4 is 16.0 Å². The van der Waals surface area contributed by atoms with Gasteiger partial charge in [-0.05, 0) is 38.5 Å². The zero-order chi connectivity index (χ0) is 17.0. The highest BCUT2D eigenvalue weighted by atomic mass is 16.1. The molecular weight excluding hydrogens is 276 g/mol. The second-order valence-corrected chi connectivity index (χ2v) is 7.01. The Kier molecular flexibility index (Phi) is 10.7. The van der Waals surface area contributed by atoms with Crippen LogP contribution in [-0.2, 0) is 4.79 Å². The molecule has 0 aliphatic heterocycles. The van der Waals surface area contributed by atoms with Crippen LogP contribution >= 0.6 is 0 Å². The molecule has 1 unspecified atom stereocenters. The molecule has 0 heterocycles. The van der Waals surface area contributed by atoms with Crippen molar-refractivity contribution in [2.45, 2.75) is 73.3 Å². The number of carbonyl (C=O) groups excluding carboxylic acids is 1. The van der Waals surface area contributed by atoms with Gasteiger partial charge in [-0.3, -0.25) is 9.79 Å². The molecule has 5 heteroatoms. The van der Waals surface area contributed by atoms with Crippen LogP contribution in [0.5, 0.6) is 0 Å². The van der Waals surface area contributed by atoms with E-state index in [1.807, 2.05) is 13.8 Å². The van der Waals surface area contributed by atoms with E-state index in [0.717, 1.165) is 31.9 Å². The lowest BCUT2D eigenvalue weighted by atomic mass is 9.89. The van der Waals surface area contributed by atoms with Crippen LogP contribution in [0.25, 0.3) is 0 Å². The first-order chi connectivity index (χ1) is 10.3. The molecule has 130 valence electrons. The zero-order valence-electron chi connectivity index (χ0n) is 15.4. The molecule has 0 radical (unpaired) electrons. The maximum atomic E-state index is 11.6. The predicted octanol–water partition coefficient (Wildman–Crippen LogP) is 2.67. The molecule has 3 N–H and O–H groups in total. The van der Waals surface area contributed by atoms with Crippen molar-refractivity contribution in [1.29, 1.82) is 0 Å². The lowest BCUT2D eigenvalue weighted by molar-refractivity contribution is -0.120. The fourth-order valence-electron chi connectivity index (χ4n) is 1.90. The summed E-state index contributed by atoms with van der Waals surface area (Å²) in [5.74, 6) is 0.870. The van der Waals surface area contributed by atoms with Gasteiger partial charge < -0.3 is 16.0 Å². The minimum Gasteiger partial charge on any atom is -0.357 e. The number of amides is 1. The number of hydrogen-bond donors (Lipinski definition) is 3. The topological polar surface area (TPSA) is 65.5 Å². The van der Waals surface area contributed by atoms with E-state index in [9.17, 15) is 4.79 Å². The van der Waals surface area contributed by atoms with Gasteiger partial charge in [0, 0.05) is 25.6 Å². The minimum absolute atomic E-state index is 0.0715. The van der Waals surface area contributed by atoms with Crippen LogP contribution in [-0.4, -0.2) is 37.5 Å². The number of nitrogens with zero attached hydrogens (tertiary/aromatic N) is 1. The monoisotopic (exact) mass is 312 g/mol. The Hall–Kier alpha value is -1.26. The summed E-state index contributed by atoms with van der Waals surface area (Å²) >= 11 is 0. The van der Waals surface area contributed by atoms with Gasteiger partial charge in [0.25, 0.3) is 0 Å². The minimum atomic E-state index is 0.0715. The van der Waals surface area contributed by atoms with E-state index in [1.165, 1.54) is 6.42 Å². The molecule has 0 aliphatic rings. The molecule has 0 aromatic carbocycles. The molecule has 0 saturated heterocycles. The van der Waals surface area contributed by atoms with Crippen molar-refractivity contribution in [2.75, 3.05) is 19.6 Å². The molecule has 1 amide bonds. The molecule has 0 fully saturated rings. The highest BCUT2D eigenvalue weighted by molar-refractivity contribution is 5.81. The molecule has 0 spiro atoms. The van der Waals surface area contributed by atoms with Crippen molar-refractivity contribution in [3.63, 3.8) is 0 Å². The molecule has 1 atom stereocenters. The first-order valence-corrected chi connectivity index (χ1v) is 8.60. The third-order valence-corrected chi connectivity index (χ3v) is 3.24. The van der Waals surface area contributed by atoms with E-state index in [-0.39, 0.29) is 5.91 Å². The lowest BCUT2D eigenvalue weighted by Gasteiger charge is -2.23. The standard InChI is InChI=1S/C17H36N4O/c1-7-12-19-15(22)10-13-20-16(18-8-2)21-14(3)9-11-17(4,5)6/h14H,7-13H2,1-6H3,(H,19,22)(H2,18,20,21). The second kappa shape index (κ2) is 11.3. The zero-order valence-corrected chi connectivity index (χ0v) is 15.4. The Labute approximate surface area is 136 Å². The number of hydrogen-bond acceptors (Lipinski definition) is 2. The molecule has 0 rings (SSSR count). The summed E-state index contributed by atoms with van der Waals surface area (Å²) in [6.45, 7) is 15.1. The summed E-state index contributed by atoms with van der Waals surface area (Å²) in [5.41, 5.74) is 0.350. The highest BCUT2D eigenvalue weighted by Gasteiger charge is 2.13. The van der Waals surface area contributed by atoms with Gasteiger partial charge in [-0.2, -0.15) is 0 Å². The van der Waals surface area contributed by atoms with Crippen molar-refractivity contribution < 1.29 is 4.79 Å². The van der Waals surface area contributed by atoms with E-state index in [0.29, 0.717) is 24.4 Å². The fraction of sp³-hybridized carbons (Fsp3) is 0.882. The normalized spacial score (nSPS) is 13.6. The van der Waals surface area contributed by atoms with E-state index in [4.69, 9.17) is 0 Å². The summed E-state index contributed by atoms with van der Waals surface area (Å²) in [7, 11) is 0. The van der Waals surface area contributed by atoms with Gasteiger partial charge in [0.15, 0.2) is 5.96 Å². The van der Waals surface area contributed by atoms with Crippen molar-refractivity contribution in [3.05, 3.63) is 0 Å². The Morgan fingerprint density at radius 1 is 1.18 bits per heavy atom. The Bertz CT molecular complexity index is 334. The Balaban J connectivity index is 4.22. The van der Waals surface area contributed by atoms with E-state index >= 15 is 0 Å². The first kappa shape index (κ1) is 20.7. The number of aliphatic imine (C=N–C) groups is 1. The number of carbonyl (C=O) groups is 1. The molecule has 0 bridgehead atoms. The van der Waals surface area contributed by atoms with Crippen LogP contribution in [0, 0.1) is 5.41 Å². The molecule has 0 aliphatic carbocycles. The molecule has 5 nitrogen and oxygen atoms in total. The van der Waals surface area contributed by atoms with Gasteiger partial charge in [0.2, 0.25) is 5.91 Å². The summed E-state index contributed by atoms with van der Waals surface area (Å²) < 4.78 is 0. The van der Waals surface area contributed by atoms with Crippen LogP contribution in [0.1, 0.15) is 67.2 Å². The summed E-state index contributed by atoms with van der Waals surface area (Å²) in [5, 5.41) is 9.52. The summed E-state index contributed by atoms with van der Waals surface area (Å²) in [6, 6.07) is 0.367. The van der Waals surface area contributed by atoms with E-state index < -0.39 is 0 Å². The summed E-state index contributed by atoms with van der Waals surface area (Å²) in [4.78, 5) is 16.0. The largest absolute Gasteiger partial charge is 0.357 e. The van der Waals surface area contributed by atoms with Crippen LogP contribution in [0.15, 0.2) is 4.99 Å². The molecule has 0 aromatic rings. The highest BCUT2D eigenvalue weighted by Crippen LogP contribution is 2.21. The van der Waals surface area contributed by atoms with Crippen molar-refractivity contribution in [3.8, 4) is 0 Å². The fourth-order valence-corrected chi connectivity index (χ4v) is 1.90. The molecular formula is C17H36N4O. The second-order valence-electron chi connectivity index (χ2n) is 7.01. The number of nitrogens with one attached hydrogen (secondary N) is 3. The van der Waals surface area contributed by atoms with Gasteiger partial charge in [-0.25, -0.2) is 0 Å². The smallest absolute Gasteiger partial charge is 0.221 e. The lowest BCUT2D eigenvalue weighted by Crippen LogP contribution is -2.42. The average Bonchev–Trinajstić information content (AvgIpc) is 2.42. The number of rotatable bonds is 9. The van der Waals surface area contributed by atoms with Gasteiger partial charge in [0.05, 0.1) is 6.54 Å².